The van der Waals surface area contributed by atoms with Crippen LogP contribution in [0.1, 0.15) is 25.8 Å². The number of aryl methyl sites for hydroxylation is 1. The summed E-state index contributed by atoms with van der Waals surface area (Å²) in [7, 11) is 0. The van der Waals surface area contributed by atoms with Crippen LogP contribution in [0.3, 0.4) is 0 Å². The van der Waals surface area contributed by atoms with Gasteiger partial charge in [-0.1, -0.05) is 18.7 Å². The molecule has 1 aromatic heterocycles. The van der Waals surface area contributed by atoms with Gasteiger partial charge in [-0.05, 0) is 47.0 Å². The molecular weight excluding hydrogens is 402 g/mol. The fourth-order valence-electron chi connectivity index (χ4n) is 3.06. The molecule has 1 aliphatic rings. The number of halogens is 1. The van der Waals surface area contributed by atoms with Crippen molar-refractivity contribution in [3.63, 3.8) is 0 Å². The lowest BCUT2D eigenvalue weighted by atomic mass is 10.00. The molecule has 1 aliphatic heterocycles. The van der Waals surface area contributed by atoms with Crippen LogP contribution in [-0.4, -0.2) is 39.2 Å². The molecule has 2 aromatic rings. The maximum atomic E-state index is 13.1. The normalized spacial score (nSPS) is 14.8. The average Bonchev–Trinajstić information content (AvgIpc) is 2.50. The van der Waals surface area contributed by atoms with E-state index in [-0.39, 0.29) is 11.5 Å². The number of carbonyl (C=O) groups is 1. The minimum atomic E-state index is 0.00859. The molecule has 0 radical (unpaired) electrons. The van der Waals surface area contributed by atoms with Crippen molar-refractivity contribution < 1.29 is 4.79 Å². The van der Waals surface area contributed by atoms with Crippen LogP contribution < -0.4 is 5.56 Å². The van der Waals surface area contributed by atoms with Gasteiger partial charge in [-0.2, -0.15) is 0 Å². The number of hydrogen-bond acceptors (Lipinski definition) is 4. The van der Waals surface area contributed by atoms with Crippen LogP contribution in [0.2, 0.25) is 0 Å². The van der Waals surface area contributed by atoms with Gasteiger partial charge in [0, 0.05) is 42.7 Å². The lowest BCUT2D eigenvalue weighted by Crippen LogP contribution is -2.51. The average molecular weight is 424 g/mol. The molecule has 0 aliphatic carbocycles. The first-order valence-corrected chi connectivity index (χ1v) is 10.3. The van der Waals surface area contributed by atoms with Gasteiger partial charge in [0.1, 0.15) is 0 Å². The minimum Gasteiger partial charge on any atom is -0.342 e. The molecule has 2 heterocycles. The van der Waals surface area contributed by atoms with E-state index in [4.69, 9.17) is 4.98 Å². The highest BCUT2D eigenvalue weighted by molar-refractivity contribution is 9.10. The summed E-state index contributed by atoms with van der Waals surface area (Å²) in [5, 5.41) is 1.42. The molecule has 7 heteroatoms. The van der Waals surface area contributed by atoms with Gasteiger partial charge >= 0.3 is 0 Å². The molecule has 1 aromatic carbocycles. The third-order valence-corrected chi connectivity index (χ3v) is 6.19. The van der Waals surface area contributed by atoms with Gasteiger partial charge in [0.2, 0.25) is 5.91 Å². The first kappa shape index (κ1) is 18.5. The van der Waals surface area contributed by atoms with Crippen LogP contribution in [0.25, 0.3) is 10.9 Å². The highest BCUT2D eigenvalue weighted by Gasteiger charge is 2.30. The lowest BCUT2D eigenvalue weighted by molar-refractivity contribution is -0.135. The molecule has 1 amide bonds. The van der Waals surface area contributed by atoms with E-state index >= 15 is 0 Å². The first-order valence-electron chi connectivity index (χ1n) is 8.49. The second kappa shape index (κ2) is 7.50. The topological polar surface area (TPSA) is 55.2 Å². The van der Waals surface area contributed by atoms with Crippen LogP contribution >= 0.6 is 27.7 Å². The van der Waals surface area contributed by atoms with Gasteiger partial charge in [-0.25, -0.2) is 4.98 Å². The van der Waals surface area contributed by atoms with Crippen molar-refractivity contribution in [2.45, 2.75) is 38.9 Å². The summed E-state index contributed by atoms with van der Waals surface area (Å²) < 4.78 is 2.66. The Bertz CT molecular complexity index is 875. The molecule has 1 saturated heterocycles. The minimum absolute atomic E-state index is 0.00859. The Hall–Kier alpha value is -1.34. The first-order chi connectivity index (χ1) is 11.9. The SMILES string of the molecule is CCCSc1nc2c(Br)cc(C)cc2c(=O)n1CC1CN(C(C)=O)C1. The Morgan fingerprint density at radius 1 is 1.40 bits per heavy atom. The van der Waals surface area contributed by atoms with Crippen LogP contribution in [0, 0.1) is 12.8 Å². The van der Waals surface area contributed by atoms with E-state index in [9.17, 15) is 9.59 Å². The zero-order chi connectivity index (χ0) is 18.1. The predicted molar refractivity (Wildman–Crippen MR) is 105 cm³/mol. The summed E-state index contributed by atoms with van der Waals surface area (Å²) >= 11 is 5.17. The van der Waals surface area contributed by atoms with Crippen molar-refractivity contribution in [3.8, 4) is 0 Å². The fourth-order valence-corrected chi connectivity index (χ4v) is 4.58. The van der Waals surface area contributed by atoms with Gasteiger partial charge in [-0.3, -0.25) is 14.2 Å². The number of nitrogens with zero attached hydrogens (tertiary/aromatic N) is 3. The van der Waals surface area contributed by atoms with Crippen LogP contribution in [0.4, 0.5) is 0 Å². The maximum absolute atomic E-state index is 13.1. The number of benzene rings is 1. The molecule has 5 nitrogen and oxygen atoms in total. The standard InChI is InChI=1S/C18H22BrN3O2S/c1-4-5-25-18-20-16-14(6-11(2)7-15(16)19)17(24)22(18)10-13-8-21(9-13)12(3)23/h6-7,13H,4-5,8-10H2,1-3H3. The van der Waals surface area contributed by atoms with E-state index in [0.717, 1.165) is 46.0 Å². The number of likely N-dealkylation sites (tertiary alicyclic amines) is 1. The van der Waals surface area contributed by atoms with Crippen molar-refractivity contribution in [2.75, 3.05) is 18.8 Å². The molecule has 1 fully saturated rings. The number of rotatable bonds is 5. The Balaban J connectivity index is 2.01. The second-order valence-corrected chi connectivity index (χ2v) is 8.51. The van der Waals surface area contributed by atoms with Crippen LogP contribution in [0.15, 0.2) is 26.6 Å². The van der Waals surface area contributed by atoms with Crippen LogP contribution in [-0.2, 0) is 11.3 Å². The number of aromatic nitrogens is 2. The summed E-state index contributed by atoms with van der Waals surface area (Å²) in [5.74, 6) is 1.33. The van der Waals surface area contributed by atoms with Gasteiger partial charge in [0.25, 0.3) is 5.56 Å². The number of hydrogen-bond donors (Lipinski definition) is 0. The molecule has 134 valence electrons. The summed E-state index contributed by atoms with van der Waals surface area (Å²) in [6.07, 6.45) is 1.02. The summed E-state index contributed by atoms with van der Waals surface area (Å²) in [6.45, 7) is 7.73. The number of fused-ring (bicyclic) bond motifs is 1. The molecule has 0 unspecified atom stereocenters. The molecule has 0 spiro atoms. The smallest absolute Gasteiger partial charge is 0.262 e. The molecule has 0 saturated carbocycles. The van der Waals surface area contributed by atoms with Gasteiger partial charge in [0.05, 0.1) is 10.9 Å². The Labute approximate surface area is 159 Å². The molecule has 3 rings (SSSR count). The maximum Gasteiger partial charge on any atom is 0.262 e. The number of thioether (sulfide) groups is 1. The van der Waals surface area contributed by atoms with E-state index in [1.807, 2.05) is 24.0 Å². The quantitative estimate of drug-likeness (QED) is 0.545. The van der Waals surface area contributed by atoms with Crippen molar-refractivity contribution in [1.82, 2.24) is 14.5 Å². The van der Waals surface area contributed by atoms with Crippen molar-refractivity contribution in [1.29, 1.82) is 0 Å². The Kier molecular flexibility index (Phi) is 5.53. The van der Waals surface area contributed by atoms with Crippen molar-refractivity contribution in [3.05, 3.63) is 32.5 Å². The van der Waals surface area contributed by atoms with Gasteiger partial charge in [0.15, 0.2) is 5.16 Å². The zero-order valence-electron chi connectivity index (χ0n) is 14.7. The molecule has 0 bridgehead atoms. The highest BCUT2D eigenvalue weighted by Crippen LogP contribution is 2.27. The van der Waals surface area contributed by atoms with Crippen molar-refractivity contribution >= 4 is 44.5 Å². The Morgan fingerprint density at radius 2 is 2.12 bits per heavy atom. The summed E-state index contributed by atoms with van der Waals surface area (Å²) in [4.78, 5) is 31.1. The Morgan fingerprint density at radius 3 is 2.76 bits per heavy atom. The highest BCUT2D eigenvalue weighted by atomic mass is 79.9. The largest absolute Gasteiger partial charge is 0.342 e. The molecular formula is C18H22BrN3O2S. The molecule has 25 heavy (non-hydrogen) atoms. The monoisotopic (exact) mass is 423 g/mol. The fraction of sp³-hybridized carbons (Fsp3) is 0.500. The number of carbonyl (C=O) groups excluding carboxylic acids is 1. The van der Waals surface area contributed by atoms with Crippen molar-refractivity contribution in [2.24, 2.45) is 5.92 Å². The van der Waals surface area contributed by atoms with E-state index in [2.05, 4.69) is 22.9 Å². The van der Waals surface area contributed by atoms with E-state index in [1.54, 1.807) is 23.3 Å². The number of amides is 1. The van der Waals surface area contributed by atoms with E-state index in [0.29, 0.717) is 17.8 Å². The lowest BCUT2D eigenvalue weighted by Gasteiger charge is -2.39. The van der Waals surface area contributed by atoms with E-state index in [1.165, 1.54) is 0 Å². The zero-order valence-corrected chi connectivity index (χ0v) is 17.1. The molecule has 0 N–H and O–H groups in total. The third kappa shape index (κ3) is 3.77. The van der Waals surface area contributed by atoms with Crippen LogP contribution in [0.5, 0.6) is 0 Å². The van der Waals surface area contributed by atoms with Gasteiger partial charge in [-0.15, -0.1) is 0 Å². The van der Waals surface area contributed by atoms with Gasteiger partial charge < -0.3 is 4.90 Å². The summed E-state index contributed by atoms with van der Waals surface area (Å²) in [5.41, 5.74) is 1.77. The molecule has 0 atom stereocenters. The summed E-state index contributed by atoms with van der Waals surface area (Å²) in [6, 6.07) is 3.90. The second-order valence-electron chi connectivity index (χ2n) is 6.59. The predicted octanol–water partition coefficient (Wildman–Crippen LogP) is 3.45. The van der Waals surface area contributed by atoms with E-state index < -0.39 is 0 Å². The third-order valence-electron chi connectivity index (χ3n) is 4.40.